The fourth-order valence-corrected chi connectivity index (χ4v) is 3.05. The number of sulfonamides is 1. The molecule has 0 amide bonds. The minimum Gasteiger partial charge on any atom is -0.392 e. The topological polar surface area (TPSA) is 105 Å². The van der Waals surface area contributed by atoms with E-state index >= 15 is 0 Å². The highest BCUT2D eigenvalue weighted by Gasteiger charge is 2.19. The molecule has 20 heavy (non-hydrogen) atoms. The molecule has 0 aliphatic heterocycles. The Kier molecular flexibility index (Phi) is 4.34. The third kappa shape index (κ3) is 3.13. The van der Waals surface area contributed by atoms with Crippen LogP contribution in [0.5, 0.6) is 0 Å². The van der Waals surface area contributed by atoms with Crippen molar-refractivity contribution in [1.29, 1.82) is 0 Å². The van der Waals surface area contributed by atoms with Crippen molar-refractivity contribution in [3.05, 3.63) is 36.5 Å². The van der Waals surface area contributed by atoms with E-state index in [1.807, 2.05) is 0 Å². The first-order valence-corrected chi connectivity index (χ1v) is 7.67. The molecular weight excluding hydrogens is 278 g/mol. The molecule has 0 spiro atoms. The number of pyridine rings is 1. The summed E-state index contributed by atoms with van der Waals surface area (Å²) in [6.45, 7) is 1.48. The molecular formula is C13H17N3O3S. The summed E-state index contributed by atoms with van der Waals surface area (Å²) in [5, 5.41) is 9.84. The third-order valence-corrected chi connectivity index (χ3v) is 4.51. The molecule has 0 saturated carbocycles. The van der Waals surface area contributed by atoms with E-state index in [0.29, 0.717) is 10.9 Å². The third-order valence-electron chi connectivity index (χ3n) is 3.02. The first kappa shape index (κ1) is 14.9. The molecule has 1 aromatic carbocycles. The summed E-state index contributed by atoms with van der Waals surface area (Å²) in [6, 6.07) is 7.63. The van der Waals surface area contributed by atoms with E-state index in [9.17, 15) is 13.5 Å². The Labute approximate surface area is 117 Å². The number of nitrogens with one attached hydrogen (secondary N) is 1. The van der Waals surface area contributed by atoms with Gasteiger partial charge in [0.15, 0.2) is 0 Å². The maximum atomic E-state index is 12.3. The molecule has 2 rings (SSSR count). The first-order chi connectivity index (χ1) is 9.42. The molecule has 108 valence electrons. The quantitative estimate of drug-likeness (QED) is 0.732. The largest absolute Gasteiger partial charge is 0.392 e. The van der Waals surface area contributed by atoms with Crippen molar-refractivity contribution >= 4 is 20.9 Å². The van der Waals surface area contributed by atoms with Gasteiger partial charge in [-0.05, 0) is 31.2 Å². The normalized spacial score (nSPS) is 15.2. The van der Waals surface area contributed by atoms with Crippen LogP contribution in [0.4, 0.5) is 0 Å². The molecule has 0 aliphatic rings. The maximum absolute atomic E-state index is 12.3. The van der Waals surface area contributed by atoms with E-state index in [4.69, 9.17) is 5.73 Å². The summed E-state index contributed by atoms with van der Waals surface area (Å²) >= 11 is 0. The Morgan fingerprint density at radius 3 is 2.80 bits per heavy atom. The van der Waals surface area contributed by atoms with Gasteiger partial charge in [-0.1, -0.05) is 6.07 Å². The minimum absolute atomic E-state index is 0.0311. The van der Waals surface area contributed by atoms with Crippen molar-refractivity contribution in [2.45, 2.75) is 24.0 Å². The van der Waals surface area contributed by atoms with Crippen molar-refractivity contribution in [2.24, 2.45) is 5.73 Å². The number of aromatic nitrogens is 1. The minimum atomic E-state index is -3.70. The Balaban J connectivity index is 2.33. The van der Waals surface area contributed by atoms with E-state index in [1.54, 1.807) is 30.5 Å². The first-order valence-electron chi connectivity index (χ1n) is 6.19. The zero-order chi connectivity index (χ0) is 14.8. The van der Waals surface area contributed by atoms with Gasteiger partial charge in [-0.2, -0.15) is 0 Å². The number of benzene rings is 1. The summed E-state index contributed by atoms with van der Waals surface area (Å²) in [4.78, 5) is 4.28. The van der Waals surface area contributed by atoms with Crippen LogP contribution in [-0.4, -0.2) is 37.2 Å². The fraction of sp³-hybridized carbons (Fsp3) is 0.308. The van der Waals surface area contributed by atoms with E-state index in [2.05, 4.69) is 9.71 Å². The summed E-state index contributed by atoms with van der Waals surface area (Å²) in [6.07, 6.45) is 0.821. The molecule has 1 heterocycles. The number of hydrogen-bond acceptors (Lipinski definition) is 5. The standard InChI is InChI=1S/C13H17N3O3S/c1-9(17)11(14)8-16-20(18,19)13-6-2-5-12-10(13)4-3-7-15-12/h2-7,9,11,16-17H,8,14H2,1H3. The number of aliphatic hydroxyl groups is 1. The fourth-order valence-electron chi connectivity index (χ4n) is 1.76. The van der Waals surface area contributed by atoms with Gasteiger partial charge in [0, 0.05) is 24.2 Å². The van der Waals surface area contributed by atoms with E-state index in [1.165, 1.54) is 13.0 Å². The Bertz CT molecular complexity index is 696. The predicted octanol–water partition coefficient (Wildman–Crippen LogP) is 0.221. The number of hydrogen-bond donors (Lipinski definition) is 3. The van der Waals surface area contributed by atoms with Crippen LogP contribution in [-0.2, 0) is 10.0 Å². The Morgan fingerprint density at radius 1 is 1.35 bits per heavy atom. The molecule has 0 aliphatic carbocycles. The van der Waals surface area contributed by atoms with E-state index < -0.39 is 22.2 Å². The molecule has 2 unspecified atom stereocenters. The monoisotopic (exact) mass is 295 g/mol. The van der Waals surface area contributed by atoms with Gasteiger partial charge in [-0.25, -0.2) is 13.1 Å². The van der Waals surface area contributed by atoms with Gasteiger partial charge in [0.05, 0.1) is 16.5 Å². The second-order valence-electron chi connectivity index (χ2n) is 4.58. The lowest BCUT2D eigenvalue weighted by molar-refractivity contribution is 0.164. The van der Waals surface area contributed by atoms with Crippen molar-refractivity contribution in [2.75, 3.05) is 6.54 Å². The van der Waals surface area contributed by atoms with Crippen LogP contribution in [0.3, 0.4) is 0 Å². The molecule has 6 nitrogen and oxygen atoms in total. The molecule has 0 radical (unpaired) electrons. The summed E-state index contributed by atoms with van der Waals surface area (Å²) in [5.74, 6) is 0. The molecule has 0 fully saturated rings. The highest BCUT2D eigenvalue weighted by Crippen LogP contribution is 2.20. The van der Waals surface area contributed by atoms with Gasteiger partial charge < -0.3 is 10.8 Å². The molecule has 2 atom stereocenters. The van der Waals surface area contributed by atoms with Gasteiger partial charge in [-0.15, -0.1) is 0 Å². The predicted molar refractivity (Wildman–Crippen MR) is 76.6 cm³/mol. The molecule has 1 aromatic heterocycles. The van der Waals surface area contributed by atoms with Gasteiger partial charge in [0.25, 0.3) is 0 Å². The molecule has 4 N–H and O–H groups in total. The maximum Gasteiger partial charge on any atom is 0.241 e. The average Bonchev–Trinajstić information content (AvgIpc) is 2.44. The SMILES string of the molecule is CC(O)C(N)CNS(=O)(=O)c1cccc2ncccc12. The van der Waals surface area contributed by atoms with Gasteiger partial charge >= 0.3 is 0 Å². The van der Waals surface area contributed by atoms with Crippen molar-refractivity contribution in [3.63, 3.8) is 0 Å². The van der Waals surface area contributed by atoms with Crippen molar-refractivity contribution in [1.82, 2.24) is 9.71 Å². The van der Waals surface area contributed by atoms with E-state index in [-0.39, 0.29) is 11.4 Å². The van der Waals surface area contributed by atoms with Gasteiger partial charge in [0.1, 0.15) is 0 Å². The second kappa shape index (κ2) is 5.84. The van der Waals surface area contributed by atoms with Gasteiger partial charge in [0.2, 0.25) is 10.0 Å². The van der Waals surface area contributed by atoms with Gasteiger partial charge in [-0.3, -0.25) is 4.98 Å². The van der Waals surface area contributed by atoms with Crippen LogP contribution < -0.4 is 10.5 Å². The molecule has 7 heteroatoms. The number of nitrogens with zero attached hydrogens (tertiary/aromatic N) is 1. The van der Waals surface area contributed by atoms with E-state index in [0.717, 1.165) is 0 Å². The van der Waals surface area contributed by atoms with Crippen LogP contribution in [0.25, 0.3) is 10.9 Å². The van der Waals surface area contributed by atoms with Crippen molar-refractivity contribution in [3.8, 4) is 0 Å². The zero-order valence-electron chi connectivity index (χ0n) is 11.0. The average molecular weight is 295 g/mol. The number of nitrogens with two attached hydrogens (primary N) is 1. The lowest BCUT2D eigenvalue weighted by Crippen LogP contribution is -2.43. The zero-order valence-corrected chi connectivity index (χ0v) is 11.8. The van der Waals surface area contributed by atoms with Crippen molar-refractivity contribution < 1.29 is 13.5 Å². The van der Waals surface area contributed by atoms with Crippen LogP contribution in [0.15, 0.2) is 41.4 Å². The van der Waals surface area contributed by atoms with Crippen LogP contribution in [0.1, 0.15) is 6.92 Å². The number of rotatable bonds is 5. The molecule has 2 aromatic rings. The lowest BCUT2D eigenvalue weighted by Gasteiger charge is -2.16. The van der Waals surface area contributed by atoms with Crippen LogP contribution >= 0.6 is 0 Å². The molecule has 0 bridgehead atoms. The van der Waals surface area contributed by atoms with Crippen LogP contribution in [0.2, 0.25) is 0 Å². The Hall–Kier alpha value is -1.54. The lowest BCUT2D eigenvalue weighted by atomic mass is 10.2. The highest BCUT2D eigenvalue weighted by molar-refractivity contribution is 7.89. The molecule has 0 saturated heterocycles. The summed E-state index contributed by atoms with van der Waals surface area (Å²) < 4.78 is 27.0. The highest BCUT2D eigenvalue weighted by atomic mass is 32.2. The smallest absolute Gasteiger partial charge is 0.241 e. The van der Waals surface area contributed by atoms with Crippen LogP contribution in [0, 0.1) is 0 Å². The summed E-state index contributed by atoms with van der Waals surface area (Å²) in [7, 11) is -3.70. The Morgan fingerprint density at radius 2 is 2.10 bits per heavy atom. The number of fused-ring (bicyclic) bond motifs is 1. The summed E-state index contributed by atoms with van der Waals surface area (Å²) in [5.41, 5.74) is 6.23. The number of aliphatic hydroxyl groups excluding tert-OH is 1. The second-order valence-corrected chi connectivity index (χ2v) is 6.32.